The van der Waals surface area contributed by atoms with Gasteiger partial charge in [-0.1, -0.05) is 24.3 Å². The molecule has 0 unspecified atom stereocenters. The van der Waals surface area contributed by atoms with Crippen molar-refractivity contribution in [3.8, 4) is 11.5 Å². The predicted octanol–water partition coefficient (Wildman–Crippen LogP) is 3.06. The molecule has 1 fully saturated rings. The average molecular weight is 434 g/mol. The summed E-state index contributed by atoms with van der Waals surface area (Å²) < 4.78 is 1.78. The number of piperidine rings is 1. The fraction of sp³-hybridized carbons (Fsp3) is 0.360. The first-order valence-corrected chi connectivity index (χ1v) is 11.1. The second-order valence-corrected chi connectivity index (χ2v) is 8.70. The summed E-state index contributed by atoms with van der Waals surface area (Å²) in [5.74, 6) is -1.42. The van der Waals surface area contributed by atoms with E-state index in [9.17, 15) is 24.9 Å². The number of fused-ring (bicyclic) bond motifs is 3. The van der Waals surface area contributed by atoms with Gasteiger partial charge in [-0.05, 0) is 38.3 Å². The molecule has 1 aromatic heterocycles. The Bertz CT molecular complexity index is 1220. The van der Waals surface area contributed by atoms with Crippen LogP contribution in [0.5, 0.6) is 11.5 Å². The van der Waals surface area contributed by atoms with E-state index in [1.807, 2.05) is 0 Å². The number of aliphatic hydroxyl groups is 1. The van der Waals surface area contributed by atoms with Crippen LogP contribution in [0.4, 0.5) is 0 Å². The van der Waals surface area contributed by atoms with Gasteiger partial charge in [0.15, 0.2) is 5.78 Å². The van der Waals surface area contributed by atoms with Crippen molar-refractivity contribution in [1.29, 1.82) is 0 Å². The van der Waals surface area contributed by atoms with Gasteiger partial charge in [-0.2, -0.15) is 0 Å². The maximum atomic E-state index is 13.4. The summed E-state index contributed by atoms with van der Waals surface area (Å²) in [6, 6.07) is 8.27. The Balaban J connectivity index is 1.39. The highest BCUT2D eigenvalue weighted by Gasteiger charge is 2.38. The highest BCUT2D eigenvalue weighted by Crippen LogP contribution is 2.44. The van der Waals surface area contributed by atoms with Crippen LogP contribution in [0, 0.1) is 0 Å². The highest BCUT2D eigenvalue weighted by molar-refractivity contribution is 6.32. The first kappa shape index (κ1) is 20.7. The molecule has 2 heterocycles. The number of benzene rings is 2. The molecule has 2 aromatic carbocycles. The molecule has 0 radical (unpaired) electrons. The van der Waals surface area contributed by atoms with Crippen LogP contribution < -0.4 is 0 Å². The van der Waals surface area contributed by atoms with Crippen LogP contribution in [0.2, 0.25) is 0 Å². The first-order valence-electron chi connectivity index (χ1n) is 11.1. The van der Waals surface area contributed by atoms with Gasteiger partial charge in [0, 0.05) is 36.6 Å². The van der Waals surface area contributed by atoms with Crippen LogP contribution in [-0.2, 0) is 6.54 Å². The molecule has 1 aliphatic carbocycles. The Morgan fingerprint density at radius 1 is 0.844 bits per heavy atom. The smallest absolute Gasteiger partial charge is 0.214 e. The summed E-state index contributed by atoms with van der Waals surface area (Å²) in [7, 11) is 0. The SMILES string of the molecule is O=C1c2ccn(CCCCN3CCC(O)CC3)c2C(=O)c2c1c(O)c1ccccc1c2O. The number of unbranched alkanes of at least 4 members (excludes halogenated alkanes) is 1. The molecule has 7 heteroatoms. The fourth-order valence-electron chi connectivity index (χ4n) is 4.95. The van der Waals surface area contributed by atoms with Gasteiger partial charge in [-0.3, -0.25) is 9.59 Å². The summed E-state index contributed by atoms with van der Waals surface area (Å²) in [6.07, 6.45) is 4.95. The summed E-state index contributed by atoms with van der Waals surface area (Å²) in [5.41, 5.74) is 0.292. The van der Waals surface area contributed by atoms with Crippen LogP contribution in [0.1, 0.15) is 57.7 Å². The van der Waals surface area contributed by atoms with Crippen LogP contribution >= 0.6 is 0 Å². The van der Waals surface area contributed by atoms with Gasteiger partial charge in [0.1, 0.15) is 17.2 Å². The van der Waals surface area contributed by atoms with Crippen molar-refractivity contribution in [3.63, 3.8) is 0 Å². The third-order valence-electron chi connectivity index (χ3n) is 6.72. The molecule has 0 bridgehead atoms. The Hall–Kier alpha value is -3.16. The molecule has 1 aliphatic heterocycles. The molecular weight excluding hydrogens is 408 g/mol. The number of hydrogen-bond acceptors (Lipinski definition) is 6. The summed E-state index contributed by atoms with van der Waals surface area (Å²) in [5, 5.41) is 31.9. The largest absolute Gasteiger partial charge is 0.506 e. The Morgan fingerprint density at radius 2 is 1.44 bits per heavy atom. The van der Waals surface area contributed by atoms with E-state index in [4.69, 9.17) is 0 Å². The number of hydrogen-bond donors (Lipinski definition) is 3. The second-order valence-electron chi connectivity index (χ2n) is 8.70. The molecule has 0 spiro atoms. The van der Waals surface area contributed by atoms with E-state index in [0.29, 0.717) is 17.3 Å². The molecule has 0 saturated carbocycles. The fourth-order valence-corrected chi connectivity index (χ4v) is 4.95. The quantitative estimate of drug-likeness (QED) is 0.330. The van der Waals surface area contributed by atoms with Crippen molar-refractivity contribution in [1.82, 2.24) is 9.47 Å². The average Bonchev–Trinajstić information content (AvgIpc) is 3.23. The third kappa shape index (κ3) is 3.29. The minimum atomic E-state index is -0.446. The molecule has 1 saturated heterocycles. The van der Waals surface area contributed by atoms with Gasteiger partial charge in [-0.25, -0.2) is 0 Å². The lowest BCUT2D eigenvalue weighted by Crippen LogP contribution is -2.36. The normalized spacial score (nSPS) is 17.0. The minimum absolute atomic E-state index is 0.120. The van der Waals surface area contributed by atoms with Crippen LogP contribution in [0.3, 0.4) is 0 Å². The van der Waals surface area contributed by atoms with Gasteiger partial charge in [0.2, 0.25) is 5.78 Å². The van der Waals surface area contributed by atoms with Crippen molar-refractivity contribution in [2.75, 3.05) is 19.6 Å². The molecule has 7 nitrogen and oxygen atoms in total. The van der Waals surface area contributed by atoms with Crippen molar-refractivity contribution in [2.24, 2.45) is 0 Å². The third-order valence-corrected chi connectivity index (χ3v) is 6.72. The zero-order chi connectivity index (χ0) is 22.4. The number of carbonyl (C=O) groups is 2. The zero-order valence-corrected chi connectivity index (χ0v) is 17.8. The molecule has 0 amide bonds. The monoisotopic (exact) mass is 434 g/mol. The number of likely N-dealkylation sites (tertiary alicyclic amines) is 1. The Morgan fingerprint density at radius 3 is 2.09 bits per heavy atom. The van der Waals surface area contributed by atoms with Gasteiger partial charge in [-0.15, -0.1) is 0 Å². The number of aliphatic hydroxyl groups excluding tert-OH is 1. The number of phenolic OH excluding ortho intramolecular Hbond substituents is 2. The molecule has 3 N–H and O–H groups in total. The van der Waals surface area contributed by atoms with E-state index in [1.165, 1.54) is 0 Å². The van der Waals surface area contributed by atoms with Crippen molar-refractivity contribution >= 4 is 22.3 Å². The summed E-state index contributed by atoms with van der Waals surface area (Å²) >= 11 is 0. The predicted molar refractivity (Wildman–Crippen MR) is 119 cm³/mol. The molecular formula is C25H26N2O5. The van der Waals surface area contributed by atoms with Crippen LogP contribution in [-0.4, -0.2) is 62.1 Å². The standard InChI is InChI=1S/C25H26N2O5/c28-15-7-12-26(13-8-15)10-3-4-11-27-14-9-18-21(27)25(32)20-19(24(18)31)22(29)16-5-1-2-6-17(16)23(20)30/h1-2,5-6,9,14-15,28-30H,3-4,7-8,10-13H2. The lowest BCUT2D eigenvalue weighted by Gasteiger charge is -2.29. The van der Waals surface area contributed by atoms with E-state index in [1.54, 1.807) is 41.1 Å². The van der Waals surface area contributed by atoms with Gasteiger partial charge in [0.05, 0.1) is 22.8 Å². The highest BCUT2D eigenvalue weighted by atomic mass is 16.3. The lowest BCUT2D eigenvalue weighted by molar-refractivity contribution is 0.0817. The number of rotatable bonds is 5. The molecule has 2 aliphatic rings. The maximum absolute atomic E-state index is 13.4. The van der Waals surface area contributed by atoms with E-state index in [0.717, 1.165) is 45.3 Å². The maximum Gasteiger partial charge on any atom is 0.214 e. The van der Waals surface area contributed by atoms with E-state index in [2.05, 4.69) is 4.90 Å². The van der Waals surface area contributed by atoms with E-state index in [-0.39, 0.29) is 40.0 Å². The van der Waals surface area contributed by atoms with Crippen LogP contribution in [0.25, 0.3) is 10.8 Å². The van der Waals surface area contributed by atoms with E-state index >= 15 is 0 Å². The van der Waals surface area contributed by atoms with Crippen molar-refractivity contribution < 1.29 is 24.9 Å². The van der Waals surface area contributed by atoms with Crippen LogP contribution in [0.15, 0.2) is 36.5 Å². The van der Waals surface area contributed by atoms with Crippen molar-refractivity contribution in [2.45, 2.75) is 38.3 Å². The summed E-state index contributed by atoms with van der Waals surface area (Å²) in [4.78, 5) is 28.9. The van der Waals surface area contributed by atoms with Crippen molar-refractivity contribution in [3.05, 3.63) is 58.9 Å². The number of phenols is 2. The number of aryl methyl sites for hydroxylation is 1. The lowest BCUT2D eigenvalue weighted by atomic mass is 9.84. The molecule has 3 aromatic rings. The number of carbonyl (C=O) groups excluding carboxylic acids is 2. The molecule has 5 rings (SSSR count). The Labute approximate surface area is 185 Å². The molecule has 0 atom stereocenters. The molecule has 32 heavy (non-hydrogen) atoms. The second kappa shape index (κ2) is 8.07. The minimum Gasteiger partial charge on any atom is -0.506 e. The van der Waals surface area contributed by atoms with Gasteiger partial charge >= 0.3 is 0 Å². The number of aromatic hydroxyl groups is 2. The topological polar surface area (TPSA) is 103 Å². The summed E-state index contributed by atoms with van der Waals surface area (Å²) in [6.45, 7) is 3.33. The number of aromatic nitrogens is 1. The Kier molecular flexibility index (Phi) is 5.23. The van der Waals surface area contributed by atoms with Gasteiger partial charge in [0.25, 0.3) is 0 Å². The van der Waals surface area contributed by atoms with Gasteiger partial charge < -0.3 is 24.8 Å². The number of ketones is 2. The van der Waals surface area contributed by atoms with E-state index < -0.39 is 11.6 Å². The number of nitrogens with zero attached hydrogens (tertiary/aromatic N) is 2. The zero-order valence-electron chi connectivity index (χ0n) is 17.8. The molecule has 166 valence electrons. The first-order chi connectivity index (χ1) is 15.5.